The summed E-state index contributed by atoms with van der Waals surface area (Å²) in [5, 5.41) is 0. The summed E-state index contributed by atoms with van der Waals surface area (Å²) >= 11 is 0. The molecule has 0 N–H and O–H groups in total. The number of hydrogen-bond donors (Lipinski definition) is 0. The molecule has 0 unspecified atom stereocenters. The van der Waals surface area contributed by atoms with E-state index in [9.17, 15) is 0 Å². The summed E-state index contributed by atoms with van der Waals surface area (Å²) in [6.07, 6.45) is 0. The van der Waals surface area contributed by atoms with Gasteiger partial charge in [-0.3, -0.25) is 0 Å². The van der Waals surface area contributed by atoms with Crippen LogP contribution in [0.25, 0.3) is 66.1 Å². The van der Waals surface area contributed by atoms with Crippen molar-refractivity contribution in [3.05, 3.63) is 184 Å². The Hall–Kier alpha value is -6.69. The third-order valence-corrected chi connectivity index (χ3v) is 9.90. The Labute approximate surface area is 284 Å². The van der Waals surface area contributed by atoms with Crippen LogP contribution in [-0.4, -0.2) is 15.0 Å². The van der Waals surface area contributed by atoms with Crippen LogP contribution in [-0.2, 0) is 5.41 Å². The van der Waals surface area contributed by atoms with Crippen LogP contribution < -0.4 is 0 Å². The van der Waals surface area contributed by atoms with Gasteiger partial charge in [0.2, 0.25) is 0 Å². The van der Waals surface area contributed by atoms with Crippen LogP contribution in [0.1, 0.15) is 33.4 Å². The second-order valence-corrected chi connectivity index (χ2v) is 12.8. The first-order valence-electron chi connectivity index (χ1n) is 16.2. The topological polar surface area (TPSA) is 47.4 Å². The van der Waals surface area contributed by atoms with Gasteiger partial charge in [0.15, 0.2) is 28.8 Å². The maximum atomic E-state index is 7.40. The molecule has 7 aromatic rings. The first-order chi connectivity index (χ1) is 24.0. The average molecular weight is 626 g/mol. The molecule has 0 saturated heterocycles. The van der Waals surface area contributed by atoms with Gasteiger partial charge in [0.25, 0.3) is 0 Å². The molecule has 0 fully saturated rings. The number of nitrogens with zero attached hydrogens (tertiary/aromatic N) is 5. The maximum absolute atomic E-state index is 7.40. The van der Waals surface area contributed by atoms with Gasteiger partial charge >= 0.3 is 0 Å². The molecule has 0 saturated carbocycles. The maximum Gasteiger partial charge on any atom is 0.187 e. The molecule has 5 heteroatoms. The van der Waals surface area contributed by atoms with Crippen molar-refractivity contribution in [3.8, 4) is 56.4 Å². The minimum absolute atomic E-state index is 0.492. The van der Waals surface area contributed by atoms with Gasteiger partial charge < -0.3 is 0 Å². The monoisotopic (exact) mass is 625 g/mol. The number of aromatic nitrogens is 3. The fourth-order valence-corrected chi connectivity index (χ4v) is 7.68. The molecule has 6 aromatic carbocycles. The number of fused-ring (bicyclic) bond motifs is 10. The fraction of sp³-hybridized carbons (Fsp3) is 0.0682. The molecule has 1 spiro atoms. The zero-order chi connectivity index (χ0) is 33.3. The van der Waals surface area contributed by atoms with Crippen molar-refractivity contribution in [2.45, 2.75) is 19.3 Å². The van der Waals surface area contributed by atoms with Gasteiger partial charge in [0, 0.05) is 16.7 Å². The van der Waals surface area contributed by atoms with Crippen LogP contribution in [0.4, 0.5) is 11.4 Å². The zero-order valence-corrected chi connectivity index (χ0v) is 26.9. The molecule has 49 heavy (non-hydrogen) atoms. The van der Waals surface area contributed by atoms with Crippen molar-refractivity contribution in [2.24, 2.45) is 0 Å². The van der Waals surface area contributed by atoms with Crippen molar-refractivity contribution >= 4 is 11.4 Å². The van der Waals surface area contributed by atoms with Gasteiger partial charge in [-0.05, 0) is 64.4 Å². The van der Waals surface area contributed by atoms with Gasteiger partial charge in [-0.25, -0.2) is 24.6 Å². The van der Waals surface area contributed by atoms with Gasteiger partial charge in [0.1, 0.15) is 0 Å². The number of benzene rings is 6. The molecule has 1 aromatic heterocycles. The molecule has 0 radical (unpaired) electrons. The first-order valence-corrected chi connectivity index (χ1v) is 16.2. The van der Waals surface area contributed by atoms with Crippen molar-refractivity contribution in [2.75, 3.05) is 0 Å². The van der Waals surface area contributed by atoms with Gasteiger partial charge in [-0.2, -0.15) is 0 Å². The summed E-state index contributed by atoms with van der Waals surface area (Å²) in [6.45, 7) is 19.1. The SMILES string of the molecule is [C-]#[N+]c1ccc(-c2nc(-c3ccc([N+]#[C-])cc3)nc(-c3ccc4c(c3)C3(c5ccccc5-4)c4cc(C)ccc4-c4ccc(C)cc43)n2)cc1. The standard InChI is InChI=1S/C44H27N5/c1-26-9-20-34-35-21-10-27(2)24-39(35)44(38(34)23-26)37-8-6-5-7-33(37)36-22-15-30(25-40(36)44)43-48-41(28-11-16-31(45-3)17-12-28)47-42(49-43)29-13-18-32(46-4)19-14-29/h5-25H,1-2H3. The van der Waals surface area contributed by atoms with E-state index in [1.165, 1.54) is 55.6 Å². The lowest BCUT2D eigenvalue weighted by atomic mass is 9.70. The average Bonchev–Trinajstić information content (AvgIpc) is 3.60. The lowest BCUT2D eigenvalue weighted by molar-refractivity contribution is 0.791. The van der Waals surface area contributed by atoms with E-state index in [4.69, 9.17) is 28.1 Å². The molecule has 2 aliphatic rings. The van der Waals surface area contributed by atoms with E-state index >= 15 is 0 Å². The molecule has 5 nitrogen and oxygen atoms in total. The Morgan fingerprint density at radius 1 is 0.429 bits per heavy atom. The Morgan fingerprint density at radius 3 is 1.35 bits per heavy atom. The molecule has 0 aliphatic heterocycles. The van der Waals surface area contributed by atoms with Crippen LogP contribution >= 0.6 is 0 Å². The number of hydrogen-bond acceptors (Lipinski definition) is 3. The molecule has 1 heterocycles. The van der Waals surface area contributed by atoms with E-state index in [0.29, 0.717) is 28.8 Å². The van der Waals surface area contributed by atoms with Crippen LogP contribution in [0.3, 0.4) is 0 Å². The van der Waals surface area contributed by atoms with Crippen LogP contribution in [0.5, 0.6) is 0 Å². The highest BCUT2D eigenvalue weighted by atomic mass is 15.0. The minimum Gasteiger partial charge on any atom is -0.238 e. The van der Waals surface area contributed by atoms with Gasteiger partial charge in [-0.1, -0.05) is 132 Å². The second kappa shape index (κ2) is 10.7. The third kappa shape index (κ3) is 4.20. The predicted octanol–water partition coefficient (Wildman–Crippen LogP) is 10.9. The van der Waals surface area contributed by atoms with E-state index in [2.05, 4.69) is 102 Å². The largest absolute Gasteiger partial charge is 0.238 e. The summed E-state index contributed by atoms with van der Waals surface area (Å²) in [6, 6.07) is 43.8. The fourth-order valence-electron chi connectivity index (χ4n) is 7.68. The highest BCUT2D eigenvalue weighted by Crippen LogP contribution is 2.63. The Bertz CT molecular complexity index is 2460. The summed E-state index contributed by atoms with van der Waals surface area (Å²) in [4.78, 5) is 22.1. The smallest absolute Gasteiger partial charge is 0.187 e. The molecular formula is C44H27N5. The summed E-state index contributed by atoms with van der Waals surface area (Å²) in [5.41, 5.74) is 15.6. The van der Waals surface area contributed by atoms with E-state index in [1.807, 2.05) is 24.3 Å². The van der Waals surface area contributed by atoms with Crippen LogP contribution in [0.15, 0.2) is 127 Å². The highest BCUT2D eigenvalue weighted by Gasteiger charge is 2.51. The van der Waals surface area contributed by atoms with Crippen molar-refractivity contribution < 1.29 is 0 Å². The van der Waals surface area contributed by atoms with E-state index in [1.54, 1.807) is 24.3 Å². The Balaban J connectivity index is 1.31. The summed E-state index contributed by atoms with van der Waals surface area (Å²) in [7, 11) is 0. The summed E-state index contributed by atoms with van der Waals surface area (Å²) in [5.74, 6) is 1.60. The number of rotatable bonds is 3. The van der Waals surface area contributed by atoms with E-state index < -0.39 is 5.41 Å². The normalized spacial score (nSPS) is 12.8. The lowest BCUT2D eigenvalue weighted by Gasteiger charge is -2.31. The minimum atomic E-state index is -0.492. The molecule has 9 rings (SSSR count). The van der Waals surface area contributed by atoms with Gasteiger partial charge in [-0.15, -0.1) is 0 Å². The Kier molecular flexibility index (Phi) is 6.21. The van der Waals surface area contributed by atoms with Crippen molar-refractivity contribution in [1.82, 2.24) is 15.0 Å². The molecular weight excluding hydrogens is 599 g/mol. The van der Waals surface area contributed by atoms with Gasteiger partial charge in [0.05, 0.1) is 18.6 Å². The molecule has 0 amide bonds. The molecule has 2 aliphatic carbocycles. The third-order valence-electron chi connectivity index (χ3n) is 9.90. The van der Waals surface area contributed by atoms with Crippen LogP contribution in [0.2, 0.25) is 0 Å². The second-order valence-electron chi connectivity index (χ2n) is 12.8. The lowest BCUT2D eigenvalue weighted by Crippen LogP contribution is -2.26. The Morgan fingerprint density at radius 2 is 0.837 bits per heavy atom. The first kappa shape index (κ1) is 28.5. The predicted molar refractivity (Wildman–Crippen MR) is 194 cm³/mol. The highest BCUT2D eigenvalue weighted by molar-refractivity contribution is 5.96. The van der Waals surface area contributed by atoms with E-state index in [-0.39, 0.29) is 0 Å². The van der Waals surface area contributed by atoms with E-state index in [0.717, 1.165) is 16.7 Å². The van der Waals surface area contributed by atoms with Crippen LogP contribution in [0, 0.1) is 27.0 Å². The molecule has 0 atom stereocenters. The van der Waals surface area contributed by atoms with Crippen molar-refractivity contribution in [1.29, 1.82) is 0 Å². The van der Waals surface area contributed by atoms with Crippen molar-refractivity contribution in [3.63, 3.8) is 0 Å². The zero-order valence-electron chi connectivity index (χ0n) is 26.9. The molecule has 0 bridgehead atoms. The molecule has 228 valence electrons. The summed E-state index contributed by atoms with van der Waals surface area (Å²) < 4.78 is 0. The quantitative estimate of drug-likeness (QED) is 0.184. The number of aryl methyl sites for hydroxylation is 2.